The maximum atomic E-state index is 10.8. The lowest BCUT2D eigenvalue weighted by Gasteiger charge is -2.27. The van der Waals surface area contributed by atoms with Crippen LogP contribution < -0.4 is 4.74 Å². The zero-order chi connectivity index (χ0) is 13.9. The van der Waals surface area contributed by atoms with Gasteiger partial charge in [-0.25, -0.2) is 0 Å². The Bertz CT molecular complexity index is 576. The van der Waals surface area contributed by atoms with Gasteiger partial charge in [0.1, 0.15) is 5.75 Å². The van der Waals surface area contributed by atoms with Crippen LogP contribution in [0.5, 0.6) is 5.75 Å². The highest BCUT2D eigenvalue weighted by Gasteiger charge is 2.28. The Morgan fingerprint density at radius 2 is 2.30 bits per heavy atom. The fraction of sp³-hybridized carbons (Fsp3) is 0.412. The first-order chi connectivity index (χ1) is 9.79. The number of hydrogen-bond acceptors (Lipinski definition) is 3. The Kier molecular flexibility index (Phi) is 4.08. The summed E-state index contributed by atoms with van der Waals surface area (Å²) in [4.78, 5) is 1.45. The van der Waals surface area contributed by atoms with Crippen molar-refractivity contribution < 1.29 is 9.84 Å². The smallest absolute Gasteiger partial charge is 0.119 e. The summed E-state index contributed by atoms with van der Waals surface area (Å²) in [6.45, 7) is 2.62. The van der Waals surface area contributed by atoms with Crippen LogP contribution in [0.15, 0.2) is 35.7 Å². The summed E-state index contributed by atoms with van der Waals surface area (Å²) in [7, 11) is 0. The van der Waals surface area contributed by atoms with Gasteiger partial charge in [0.2, 0.25) is 0 Å². The number of thiophene rings is 1. The van der Waals surface area contributed by atoms with Crippen LogP contribution in [0.1, 0.15) is 47.8 Å². The molecule has 0 saturated carbocycles. The van der Waals surface area contributed by atoms with E-state index in [2.05, 4.69) is 11.4 Å². The molecule has 1 N–H and O–H groups in total. The van der Waals surface area contributed by atoms with E-state index in [1.54, 1.807) is 0 Å². The number of benzene rings is 1. The van der Waals surface area contributed by atoms with E-state index in [-0.39, 0.29) is 5.92 Å². The molecule has 3 rings (SSSR count). The molecule has 1 aromatic heterocycles. The highest BCUT2D eigenvalue weighted by atomic mass is 32.1. The van der Waals surface area contributed by atoms with Crippen molar-refractivity contribution in [3.8, 4) is 5.75 Å². The highest BCUT2D eigenvalue weighted by Crippen LogP contribution is 2.42. The first-order valence-electron chi connectivity index (χ1n) is 7.26. The Hall–Kier alpha value is -1.32. The molecular weight excluding hydrogens is 268 g/mol. The topological polar surface area (TPSA) is 29.5 Å². The molecule has 3 heteroatoms. The number of aliphatic hydroxyl groups excluding tert-OH is 1. The number of rotatable bonds is 4. The summed E-state index contributed by atoms with van der Waals surface area (Å²) >= 11 is 1.82. The Morgan fingerprint density at radius 1 is 1.40 bits per heavy atom. The molecule has 2 nitrogen and oxygen atoms in total. The van der Waals surface area contributed by atoms with Crippen molar-refractivity contribution in [2.75, 3.05) is 6.61 Å². The quantitative estimate of drug-likeness (QED) is 0.909. The average molecular weight is 288 g/mol. The van der Waals surface area contributed by atoms with E-state index in [9.17, 15) is 5.11 Å². The van der Waals surface area contributed by atoms with Crippen LogP contribution in [-0.4, -0.2) is 11.7 Å². The van der Waals surface area contributed by atoms with Gasteiger partial charge in [0.05, 0.1) is 12.7 Å². The Labute approximate surface area is 124 Å². The third kappa shape index (κ3) is 2.60. The zero-order valence-electron chi connectivity index (χ0n) is 11.7. The van der Waals surface area contributed by atoms with Crippen LogP contribution in [0.3, 0.4) is 0 Å². The molecule has 0 bridgehead atoms. The number of ether oxygens (including phenoxy) is 1. The van der Waals surface area contributed by atoms with Gasteiger partial charge in [-0.15, -0.1) is 11.3 Å². The predicted molar refractivity (Wildman–Crippen MR) is 82.6 cm³/mol. The Balaban J connectivity index is 1.86. The van der Waals surface area contributed by atoms with Crippen LogP contribution in [0.2, 0.25) is 0 Å². The molecule has 0 radical (unpaired) electrons. The lowest BCUT2D eigenvalue weighted by Crippen LogP contribution is -2.15. The summed E-state index contributed by atoms with van der Waals surface area (Å²) in [5.74, 6) is 1.06. The lowest BCUT2D eigenvalue weighted by atomic mass is 9.81. The molecule has 1 heterocycles. The van der Waals surface area contributed by atoms with Crippen LogP contribution >= 0.6 is 11.3 Å². The molecule has 0 aliphatic heterocycles. The number of aryl methyl sites for hydroxylation is 1. The van der Waals surface area contributed by atoms with Gasteiger partial charge in [-0.05, 0) is 60.9 Å². The lowest BCUT2D eigenvalue weighted by molar-refractivity contribution is 0.136. The molecular formula is C17H20O2S. The molecule has 1 aliphatic carbocycles. The van der Waals surface area contributed by atoms with Gasteiger partial charge in [-0.3, -0.25) is 0 Å². The van der Waals surface area contributed by atoms with Gasteiger partial charge < -0.3 is 9.84 Å². The first kappa shape index (κ1) is 13.7. The van der Waals surface area contributed by atoms with Gasteiger partial charge in [0.15, 0.2) is 0 Å². The second-order valence-corrected chi connectivity index (χ2v) is 6.25. The van der Waals surface area contributed by atoms with Gasteiger partial charge in [-0.1, -0.05) is 12.1 Å². The molecule has 0 amide bonds. The van der Waals surface area contributed by atoms with Gasteiger partial charge in [-0.2, -0.15) is 0 Å². The third-order valence-electron chi connectivity index (χ3n) is 3.99. The second kappa shape index (κ2) is 5.98. The average Bonchev–Trinajstić information content (AvgIpc) is 2.95. The molecule has 1 aromatic carbocycles. The van der Waals surface area contributed by atoms with E-state index in [1.807, 2.05) is 42.5 Å². The summed E-state index contributed by atoms with van der Waals surface area (Å²) in [5, 5.41) is 12.9. The van der Waals surface area contributed by atoms with Crippen molar-refractivity contribution in [3.63, 3.8) is 0 Å². The van der Waals surface area contributed by atoms with Crippen LogP contribution in [0, 0.1) is 0 Å². The molecule has 106 valence electrons. The fourth-order valence-corrected chi connectivity index (χ4v) is 4.03. The van der Waals surface area contributed by atoms with Gasteiger partial charge in [0.25, 0.3) is 0 Å². The highest BCUT2D eigenvalue weighted by molar-refractivity contribution is 7.10. The number of fused-ring (bicyclic) bond motifs is 1. The van der Waals surface area contributed by atoms with Crippen molar-refractivity contribution in [1.29, 1.82) is 0 Å². The van der Waals surface area contributed by atoms with E-state index in [4.69, 9.17) is 4.74 Å². The van der Waals surface area contributed by atoms with Gasteiger partial charge in [0, 0.05) is 10.8 Å². The molecule has 0 saturated heterocycles. The summed E-state index contributed by atoms with van der Waals surface area (Å²) in [6, 6.07) is 10.0. The minimum atomic E-state index is -0.441. The summed E-state index contributed by atoms with van der Waals surface area (Å²) < 4.78 is 5.53. The monoisotopic (exact) mass is 288 g/mol. The number of aliphatic hydroxyl groups is 1. The molecule has 2 atom stereocenters. The van der Waals surface area contributed by atoms with Crippen molar-refractivity contribution in [1.82, 2.24) is 0 Å². The van der Waals surface area contributed by atoms with Crippen LogP contribution in [0.4, 0.5) is 0 Å². The Morgan fingerprint density at radius 3 is 3.15 bits per heavy atom. The molecule has 1 aliphatic rings. The van der Waals surface area contributed by atoms with E-state index >= 15 is 0 Å². The number of hydrogen-bond donors (Lipinski definition) is 1. The minimum Gasteiger partial charge on any atom is -0.494 e. The first-order valence-corrected chi connectivity index (χ1v) is 8.14. The molecule has 20 heavy (non-hydrogen) atoms. The van der Waals surface area contributed by atoms with E-state index in [1.165, 1.54) is 16.9 Å². The van der Waals surface area contributed by atoms with Crippen molar-refractivity contribution in [2.45, 2.75) is 38.2 Å². The van der Waals surface area contributed by atoms with E-state index in [0.717, 1.165) is 24.2 Å². The largest absolute Gasteiger partial charge is 0.494 e. The SMILES string of the molecule is CCOc1cccc(C(O)C2CCCc3sccc32)c1. The van der Waals surface area contributed by atoms with Crippen molar-refractivity contribution in [2.24, 2.45) is 0 Å². The normalized spacial score (nSPS) is 19.4. The van der Waals surface area contributed by atoms with Crippen molar-refractivity contribution in [3.05, 3.63) is 51.7 Å². The molecule has 2 aromatic rings. The molecule has 2 unspecified atom stereocenters. The van der Waals surface area contributed by atoms with Crippen LogP contribution in [-0.2, 0) is 6.42 Å². The molecule has 0 spiro atoms. The maximum Gasteiger partial charge on any atom is 0.119 e. The predicted octanol–water partition coefficient (Wildman–Crippen LogP) is 4.30. The zero-order valence-corrected chi connectivity index (χ0v) is 12.5. The third-order valence-corrected chi connectivity index (χ3v) is 4.99. The van der Waals surface area contributed by atoms with E-state index in [0.29, 0.717) is 6.61 Å². The van der Waals surface area contributed by atoms with Gasteiger partial charge >= 0.3 is 0 Å². The van der Waals surface area contributed by atoms with E-state index < -0.39 is 6.10 Å². The summed E-state index contributed by atoms with van der Waals surface area (Å²) in [6.07, 6.45) is 2.95. The van der Waals surface area contributed by atoms with Crippen molar-refractivity contribution >= 4 is 11.3 Å². The second-order valence-electron chi connectivity index (χ2n) is 5.25. The maximum absolute atomic E-state index is 10.8. The summed E-state index contributed by atoms with van der Waals surface area (Å²) in [5.41, 5.74) is 2.30. The standard InChI is InChI=1S/C17H20O2S/c1-2-19-13-6-3-5-12(11-13)17(18)15-7-4-8-16-14(15)9-10-20-16/h3,5-6,9-11,15,17-18H,2,4,7-8H2,1H3. The van der Waals surface area contributed by atoms with Crippen LogP contribution in [0.25, 0.3) is 0 Å². The fourth-order valence-electron chi connectivity index (χ4n) is 3.04. The molecule has 0 fully saturated rings. The minimum absolute atomic E-state index is 0.224.